The van der Waals surface area contributed by atoms with Crippen molar-refractivity contribution in [2.75, 3.05) is 19.3 Å². The van der Waals surface area contributed by atoms with E-state index in [1.54, 1.807) is 29.2 Å². The summed E-state index contributed by atoms with van der Waals surface area (Å²) in [5, 5.41) is 0.547. The van der Waals surface area contributed by atoms with E-state index in [-0.39, 0.29) is 39.9 Å². The van der Waals surface area contributed by atoms with Gasteiger partial charge >= 0.3 is 0 Å². The molecule has 2 saturated heterocycles. The number of hydrogen-bond acceptors (Lipinski definition) is 6. The molecule has 2 aromatic carbocycles. The van der Waals surface area contributed by atoms with Crippen LogP contribution in [0.15, 0.2) is 47.4 Å². The summed E-state index contributed by atoms with van der Waals surface area (Å²) in [6.45, 7) is -0.539. The molecule has 2 aromatic rings. The summed E-state index contributed by atoms with van der Waals surface area (Å²) in [5.41, 5.74) is 0.665. The van der Waals surface area contributed by atoms with Crippen LogP contribution in [-0.4, -0.2) is 86.4 Å². The Hall–Kier alpha value is -1.93. The average Bonchev–Trinajstić information content (AvgIpc) is 3.66. The predicted octanol–water partition coefficient (Wildman–Crippen LogP) is 2.34. The van der Waals surface area contributed by atoms with Gasteiger partial charge in [0.15, 0.2) is 0 Å². The SMILES string of the molecule is CS(=O)(=O)NC1CN(S(=O)(=O)c2ccc(Cl)cc2Cl)C2CN(C3CC3)C(=O)C(Cc3cccc(Cl)c3)N2C1=O. The first kappa shape index (κ1) is 28.6. The first-order chi connectivity index (χ1) is 18.3. The van der Waals surface area contributed by atoms with E-state index in [2.05, 4.69) is 4.72 Å². The van der Waals surface area contributed by atoms with Gasteiger partial charge in [-0.15, -0.1) is 0 Å². The van der Waals surface area contributed by atoms with Crippen molar-refractivity contribution in [1.82, 2.24) is 18.8 Å². The van der Waals surface area contributed by atoms with Crippen LogP contribution in [0, 0.1) is 0 Å². The largest absolute Gasteiger partial charge is 0.334 e. The molecule has 15 heteroatoms. The molecule has 0 bridgehead atoms. The van der Waals surface area contributed by atoms with E-state index in [1.807, 2.05) is 0 Å². The Bertz CT molecular complexity index is 1550. The van der Waals surface area contributed by atoms with E-state index in [0.717, 1.165) is 23.4 Å². The second kappa shape index (κ2) is 10.5. The molecule has 1 saturated carbocycles. The summed E-state index contributed by atoms with van der Waals surface area (Å²) in [6, 6.07) is 8.14. The van der Waals surface area contributed by atoms with Crippen LogP contribution in [0.4, 0.5) is 0 Å². The summed E-state index contributed by atoms with van der Waals surface area (Å²) in [6.07, 6.45) is 1.39. The number of benzene rings is 2. The highest BCUT2D eigenvalue weighted by Gasteiger charge is 2.56. The zero-order valence-corrected chi connectivity index (χ0v) is 24.5. The molecule has 0 spiro atoms. The fourth-order valence-electron chi connectivity index (χ4n) is 5.17. The molecule has 3 atom stereocenters. The van der Waals surface area contributed by atoms with E-state index in [1.165, 1.54) is 23.1 Å². The van der Waals surface area contributed by atoms with Crippen LogP contribution in [0.1, 0.15) is 18.4 Å². The van der Waals surface area contributed by atoms with Gasteiger partial charge in [0.2, 0.25) is 31.9 Å². The second-order valence-electron chi connectivity index (χ2n) is 9.89. The minimum absolute atomic E-state index is 0.0582. The molecule has 2 heterocycles. The highest BCUT2D eigenvalue weighted by atomic mass is 35.5. The molecular formula is C24H25Cl3N4O6S2. The van der Waals surface area contributed by atoms with Crippen molar-refractivity contribution in [1.29, 1.82) is 0 Å². The predicted molar refractivity (Wildman–Crippen MR) is 146 cm³/mol. The maximum absolute atomic E-state index is 14.0. The van der Waals surface area contributed by atoms with Gasteiger partial charge in [0, 0.05) is 29.1 Å². The number of carbonyl (C=O) groups is 2. The van der Waals surface area contributed by atoms with Gasteiger partial charge < -0.3 is 9.80 Å². The van der Waals surface area contributed by atoms with Crippen LogP contribution in [0.3, 0.4) is 0 Å². The zero-order valence-electron chi connectivity index (χ0n) is 20.6. The van der Waals surface area contributed by atoms with Crippen molar-refractivity contribution >= 4 is 66.7 Å². The van der Waals surface area contributed by atoms with Crippen molar-refractivity contribution in [3.8, 4) is 0 Å². The smallest absolute Gasteiger partial charge is 0.246 e. The number of rotatable bonds is 7. The van der Waals surface area contributed by atoms with E-state index in [0.29, 0.717) is 10.6 Å². The number of piperazine rings is 1. The van der Waals surface area contributed by atoms with Gasteiger partial charge in [-0.3, -0.25) is 9.59 Å². The molecule has 5 rings (SSSR count). The van der Waals surface area contributed by atoms with Gasteiger partial charge in [-0.1, -0.05) is 46.9 Å². The highest BCUT2D eigenvalue weighted by Crippen LogP contribution is 2.38. The monoisotopic (exact) mass is 634 g/mol. The summed E-state index contributed by atoms with van der Waals surface area (Å²) in [4.78, 5) is 30.1. The second-order valence-corrected chi connectivity index (χ2v) is 14.8. The van der Waals surface area contributed by atoms with Crippen LogP contribution >= 0.6 is 34.8 Å². The van der Waals surface area contributed by atoms with E-state index < -0.39 is 50.7 Å². The lowest BCUT2D eigenvalue weighted by Gasteiger charge is -2.53. The van der Waals surface area contributed by atoms with E-state index in [9.17, 15) is 26.4 Å². The quantitative estimate of drug-likeness (QED) is 0.498. The third kappa shape index (κ3) is 5.79. The number of nitrogens with zero attached hydrogens (tertiary/aromatic N) is 3. The Labute approximate surface area is 241 Å². The summed E-state index contributed by atoms with van der Waals surface area (Å²) in [5.74, 6) is -1.01. The topological polar surface area (TPSA) is 124 Å². The third-order valence-corrected chi connectivity index (χ3v) is 10.5. The van der Waals surface area contributed by atoms with E-state index in [4.69, 9.17) is 34.8 Å². The molecule has 3 fully saturated rings. The minimum atomic E-state index is -4.39. The van der Waals surface area contributed by atoms with Crippen LogP contribution in [0.25, 0.3) is 0 Å². The molecule has 1 N–H and O–H groups in total. The normalized spacial score (nSPS) is 24.7. The maximum atomic E-state index is 14.0. The van der Waals surface area contributed by atoms with Crippen molar-refractivity contribution in [2.24, 2.45) is 0 Å². The molecule has 10 nitrogen and oxygen atoms in total. The summed E-state index contributed by atoms with van der Waals surface area (Å²) in [7, 11) is -8.31. The first-order valence-corrected chi connectivity index (χ1v) is 16.5. The lowest BCUT2D eigenvalue weighted by atomic mass is 9.97. The van der Waals surface area contributed by atoms with Gasteiger partial charge in [0.25, 0.3) is 0 Å². The fraction of sp³-hybridized carbons (Fsp3) is 0.417. The molecule has 2 aliphatic heterocycles. The zero-order chi connectivity index (χ0) is 28.3. The van der Waals surface area contributed by atoms with Crippen LogP contribution in [-0.2, 0) is 36.1 Å². The number of nitrogens with one attached hydrogen (secondary N) is 1. The molecule has 0 radical (unpaired) electrons. The number of sulfonamides is 2. The average molecular weight is 636 g/mol. The number of carbonyl (C=O) groups excluding carboxylic acids is 2. The van der Waals surface area contributed by atoms with Gasteiger partial charge in [0.1, 0.15) is 23.1 Å². The van der Waals surface area contributed by atoms with Crippen molar-refractivity contribution in [3.05, 3.63) is 63.1 Å². The Morgan fingerprint density at radius 1 is 0.923 bits per heavy atom. The van der Waals surface area contributed by atoms with Crippen molar-refractivity contribution in [3.63, 3.8) is 0 Å². The maximum Gasteiger partial charge on any atom is 0.246 e. The number of fused-ring (bicyclic) bond motifs is 1. The molecule has 3 aliphatic rings. The Kier molecular flexibility index (Phi) is 7.68. The van der Waals surface area contributed by atoms with Gasteiger partial charge in [-0.25, -0.2) is 21.6 Å². The molecule has 0 aromatic heterocycles. The lowest BCUT2D eigenvalue weighted by molar-refractivity contribution is -0.167. The van der Waals surface area contributed by atoms with Crippen LogP contribution in [0.5, 0.6) is 0 Å². The number of amides is 2. The summed E-state index contributed by atoms with van der Waals surface area (Å²) < 4.78 is 55.7. The van der Waals surface area contributed by atoms with E-state index >= 15 is 0 Å². The van der Waals surface area contributed by atoms with Crippen molar-refractivity contribution in [2.45, 2.75) is 48.4 Å². The van der Waals surface area contributed by atoms with Crippen LogP contribution < -0.4 is 4.72 Å². The van der Waals surface area contributed by atoms with Crippen molar-refractivity contribution < 1.29 is 26.4 Å². The molecular weight excluding hydrogens is 611 g/mol. The van der Waals surface area contributed by atoms with Crippen LogP contribution in [0.2, 0.25) is 15.1 Å². The van der Waals surface area contributed by atoms with Gasteiger partial charge in [0.05, 0.1) is 17.8 Å². The van der Waals surface area contributed by atoms with Gasteiger partial charge in [-0.2, -0.15) is 4.31 Å². The standard InChI is InChI=1S/C24H25Cl3N4O6S2/c1-38(34,35)28-19-12-30(39(36,37)21-8-5-16(26)11-18(21)27)22-13-29(17-6-7-17)24(33)20(31(22)23(19)32)10-14-3-2-4-15(25)9-14/h2-5,8-9,11,17,19-20,22,28H,6-7,10,12-13H2,1H3. The number of halogens is 3. The molecule has 2 amide bonds. The lowest BCUT2D eigenvalue weighted by Crippen LogP contribution is -2.76. The molecule has 1 aliphatic carbocycles. The molecule has 3 unspecified atom stereocenters. The molecule has 39 heavy (non-hydrogen) atoms. The third-order valence-electron chi connectivity index (χ3n) is 6.98. The Balaban J connectivity index is 1.63. The fourth-order valence-corrected chi connectivity index (χ4v) is 8.40. The minimum Gasteiger partial charge on any atom is -0.334 e. The molecule has 210 valence electrons. The summed E-state index contributed by atoms with van der Waals surface area (Å²) >= 11 is 18.4. The van der Waals surface area contributed by atoms with Gasteiger partial charge in [-0.05, 0) is 48.7 Å². The Morgan fingerprint density at radius 3 is 2.23 bits per heavy atom. The number of hydrogen-bond donors (Lipinski definition) is 1. The highest BCUT2D eigenvalue weighted by molar-refractivity contribution is 7.89. The Morgan fingerprint density at radius 2 is 1.62 bits per heavy atom. The first-order valence-electron chi connectivity index (χ1n) is 12.1.